The Morgan fingerprint density at radius 1 is 1.27 bits per heavy atom. The summed E-state index contributed by atoms with van der Waals surface area (Å²) in [5.41, 5.74) is 2.20. The van der Waals surface area contributed by atoms with Crippen LogP contribution in [0.5, 0.6) is 0 Å². The predicted molar refractivity (Wildman–Crippen MR) is 82.7 cm³/mol. The highest BCUT2D eigenvalue weighted by Gasteiger charge is 2.24. The van der Waals surface area contributed by atoms with Gasteiger partial charge < -0.3 is 9.47 Å². The Labute approximate surface area is 130 Å². The van der Waals surface area contributed by atoms with Crippen molar-refractivity contribution in [3.05, 3.63) is 63.5 Å². The van der Waals surface area contributed by atoms with Crippen molar-refractivity contribution in [1.29, 1.82) is 0 Å². The maximum Gasteiger partial charge on any atom is 0.363 e. The number of cyclic esters (lactones) is 1. The Morgan fingerprint density at radius 3 is 2.68 bits per heavy atom. The van der Waals surface area contributed by atoms with E-state index < -0.39 is 11.9 Å². The van der Waals surface area contributed by atoms with Gasteiger partial charge in [0.15, 0.2) is 5.70 Å². The van der Waals surface area contributed by atoms with Gasteiger partial charge in [-0.15, -0.1) is 0 Å². The van der Waals surface area contributed by atoms with Crippen LogP contribution in [0.2, 0.25) is 0 Å². The number of thiophene rings is 1. The molecule has 0 atom stereocenters. The molecule has 6 heteroatoms. The van der Waals surface area contributed by atoms with Gasteiger partial charge in [-0.2, -0.15) is 11.3 Å². The first-order valence-electron chi connectivity index (χ1n) is 6.41. The van der Waals surface area contributed by atoms with Crippen molar-refractivity contribution in [2.75, 3.05) is 7.11 Å². The minimum absolute atomic E-state index is 0.225. The highest BCUT2D eigenvalue weighted by molar-refractivity contribution is 7.08. The summed E-state index contributed by atoms with van der Waals surface area (Å²) in [6.45, 7) is 0. The molecule has 110 valence electrons. The normalized spacial score (nSPS) is 15.6. The Bertz CT molecular complexity index is 773. The van der Waals surface area contributed by atoms with E-state index in [9.17, 15) is 9.59 Å². The van der Waals surface area contributed by atoms with Crippen molar-refractivity contribution in [3.8, 4) is 0 Å². The molecule has 0 radical (unpaired) electrons. The van der Waals surface area contributed by atoms with Gasteiger partial charge in [-0.05, 0) is 52.7 Å². The highest BCUT2D eigenvalue weighted by atomic mass is 32.1. The molecule has 0 saturated heterocycles. The van der Waals surface area contributed by atoms with Crippen molar-refractivity contribution in [1.82, 2.24) is 0 Å². The summed E-state index contributed by atoms with van der Waals surface area (Å²) in [6.07, 6.45) is 1.68. The summed E-state index contributed by atoms with van der Waals surface area (Å²) in [5, 5.41) is 3.84. The van der Waals surface area contributed by atoms with Gasteiger partial charge in [0.25, 0.3) is 0 Å². The van der Waals surface area contributed by atoms with E-state index in [1.165, 1.54) is 18.4 Å². The van der Waals surface area contributed by atoms with Gasteiger partial charge in [-0.3, -0.25) is 0 Å². The second-order valence-corrected chi connectivity index (χ2v) is 5.24. The minimum atomic E-state index is -0.488. The van der Waals surface area contributed by atoms with Gasteiger partial charge in [0, 0.05) is 5.56 Å². The molecule has 0 amide bonds. The fourth-order valence-corrected chi connectivity index (χ4v) is 2.53. The van der Waals surface area contributed by atoms with Gasteiger partial charge in [-0.25, -0.2) is 14.6 Å². The molecule has 0 bridgehead atoms. The Morgan fingerprint density at radius 2 is 2.05 bits per heavy atom. The molecule has 1 aliphatic heterocycles. The maximum absolute atomic E-state index is 11.8. The lowest BCUT2D eigenvalue weighted by molar-refractivity contribution is -0.129. The van der Waals surface area contributed by atoms with Crippen LogP contribution in [0.4, 0.5) is 0 Å². The first-order valence-corrected chi connectivity index (χ1v) is 7.35. The Kier molecular flexibility index (Phi) is 3.84. The average Bonchev–Trinajstić information content (AvgIpc) is 3.18. The minimum Gasteiger partial charge on any atom is -0.465 e. The molecule has 0 fully saturated rings. The third kappa shape index (κ3) is 2.82. The van der Waals surface area contributed by atoms with E-state index in [1.54, 1.807) is 30.3 Å². The molecule has 1 aliphatic rings. The SMILES string of the molecule is COC(=O)c1ccc(C2=NC(=Cc3ccsc3)C(=O)O2)cc1. The Balaban J connectivity index is 1.86. The van der Waals surface area contributed by atoms with Gasteiger partial charge in [0.2, 0.25) is 5.90 Å². The van der Waals surface area contributed by atoms with Gasteiger partial charge in [0.05, 0.1) is 12.7 Å². The first kappa shape index (κ1) is 14.2. The molecule has 22 heavy (non-hydrogen) atoms. The largest absolute Gasteiger partial charge is 0.465 e. The van der Waals surface area contributed by atoms with E-state index in [-0.39, 0.29) is 11.6 Å². The second kappa shape index (κ2) is 5.95. The number of ether oxygens (including phenoxy) is 2. The molecule has 1 aromatic heterocycles. The number of methoxy groups -OCH3 is 1. The quantitative estimate of drug-likeness (QED) is 0.645. The summed E-state index contributed by atoms with van der Waals surface area (Å²) in [7, 11) is 1.32. The fourth-order valence-electron chi connectivity index (χ4n) is 1.91. The lowest BCUT2D eigenvalue weighted by atomic mass is 10.1. The van der Waals surface area contributed by atoms with E-state index in [0.717, 1.165) is 5.56 Å². The number of hydrogen-bond acceptors (Lipinski definition) is 6. The highest BCUT2D eigenvalue weighted by Crippen LogP contribution is 2.20. The lowest BCUT2D eigenvalue weighted by Gasteiger charge is -2.01. The summed E-state index contributed by atoms with van der Waals surface area (Å²) in [5.74, 6) is -0.684. The van der Waals surface area contributed by atoms with Crippen molar-refractivity contribution in [3.63, 3.8) is 0 Å². The molecule has 2 heterocycles. The summed E-state index contributed by atoms with van der Waals surface area (Å²) < 4.78 is 9.80. The van der Waals surface area contributed by atoms with Crippen LogP contribution in [0.3, 0.4) is 0 Å². The third-order valence-corrected chi connectivity index (χ3v) is 3.72. The van der Waals surface area contributed by atoms with Crippen molar-refractivity contribution < 1.29 is 19.1 Å². The van der Waals surface area contributed by atoms with Crippen molar-refractivity contribution in [2.24, 2.45) is 4.99 Å². The van der Waals surface area contributed by atoms with Crippen molar-refractivity contribution in [2.45, 2.75) is 0 Å². The number of aliphatic imine (C=N–C) groups is 1. The number of nitrogens with zero attached hydrogens (tertiary/aromatic N) is 1. The maximum atomic E-state index is 11.8. The zero-order chi connectivity index (χ0) is 15.5. The monoisotopic (exact) mass is 313 g/mol. The standard InChI is InChI=1S/C16H11NO4S/c1-20-15(18)12-4-2-11(3-5-12)14-17-13(16(19)21-14)8-10-6-7-22-9-10/h2-9H,1H3. The molecule has 0 N–H and O–H groups in total. The van der Waals surface area contributed by atoms with Gasteiger partial charge >= 0.3 is 11.9 Å². The molecule has 5 nitrogen and oxygen atoms in total. The first-order chi connectivity index (χ1) is 10.7. The summed E-state index contributed by atoms with van der Waals surface area (Å²) in [4.78, 5) is 27.4. The van der Waals surface area contributed by atoms with E-state index in [0.29, 0.717) is 11.1 Å². The molecule has 0 aliphatic carbocycles. The fraction of sp³-hybridized carbons (Fsp3) is 0.0625. The molecular weight excluding hydrogens is 302 g/mol. The number of rotatable bonds is 3. The third-order valence-electron chi connectivity index (χ3n) is 3.02. The number of carbonyl (C=O) groups excluding carboxylic acids is 2. The zero-order valence-electron chi connectivity index (χ0n) is 11.6. The number of esters is 2. The topological polar surface area (TPSA) is 65.0 Å². The van der Waals surface area contributed by atoms with Crippen LogP contribution in [-0.4, -0.2) is 24.9 Å². The molecule has 0 unspecified atom stereocenters. The molecule has 1 aromatic carbocycles. The second-order valence-electron chi connectivity index (χ2n) is 4.46. The van der Waals surface area contributed by atoms with Crippen LogP contribution in [0.1, 0.15) is 21.5 Å². The number of benzene rings is 1. The predicted octanol–water partition coefficient (Wildman–Crippen LogP) is 2.88. The van der Waals surface area contributed by atoms with Crippen LogP contribution in [0, 0.1) is 0 Å². The van der Waals surface area contributed by atoms with Crippen LogP contribution >= 0.6 is 11.3 Å². The van der Waals surface area contributed by atoms with E-state index in [4.69, 9.17) is 4.74 Å². The summed E-state index contributed by atoms with van der Waals surface area (Å²) in [6, 6.07) is 8.40. The molecule has 3 rings (SSSR count). The lowest BCUT2D eigenvalue weighted by Crippen LogP contribution is -2.06. The number of carbonyl (C=O) groups is 2. The average molecular weight is 313 g/mol. The smallest absolute Gasteiger partial charge is 0.363 e. The van der Waals surface area contributed by atoms with E-state index in [2.05, 4.69) is 9.73 Å². The van der Waals surface area contributed by atoms with E-state index in [1.807, 2.05) is 16.8 Å². The molecule has 2 aromatic rings. The molecule has 0 spiro atoms. The molecular formula is C16H11NO4S. The number of hydrogen-bond donors (Lipinski definition) is 0. The zero-order valence-corrected chi connectivity index (χ0v) is 12.4. The van der Waals surface area contributed by atoms with Gasteiger partial charge in [-0.1, -0.05) is 0 Å². The van der Waals surface area contributed by atoms with Crippen LogP contribution in [0.15, 0.2) is 51.8 Å². The summed E-state index contributed by atoms with van der Waals surface area (Å²) >= 11 is 1.54. The van der Waals surface area contributed by atoms with Crippen LogP contribution < -0.4 is 0 Å². The van der Waals surface area contributed by atoms with E-state index >= 15 is 0 Å². The van der Waals surface area contributed by atoms with Gasteiger partial charge in [0.1, 0.15) is 0 Å². The molecule has 0 saturated carbocycles. The van der Waals surface area contributed by atoms with Crippen LogP contribution in [0.25, 0.3) is 6.08 Å². The van der Waals surface area contributed by atoms with Crippen molar-refractivity contribution >= 4 is 35.2 Å². The van der Waals surface area contributed by atoms with Crippen LogP contribution in [-0.2, 0) is 14.3 Å². The Hall–Kier alpha value is -2.73.